The zero-order valence-electron chi connectivity index (χ0n) is 32.9. The Morgan fingerprint density at radius 1 is 0.458 bits per heavy atom. The van der Waals surface area contributed by atoms with Gasteiger partial charge in [-0.1, -0.05) is 60.7 Å². The van der Waals surface area contributed by atoms with Crippen molar-refractivity contribution in [2.75, 3.05) is 39.1 Å². The van der Waals surface area contributed by atoms with E-state index < -0.39 is 0 Å². The number of carbonyl (C=O) groups excluding carboxylic acids is 2. The molecule has 0 aliphatic carbocycles. The molecule has 8 aromatic rings. The van der Waals surface area contributed by atoms with Crippen LogP contribution < -0.4 is 29.6 Å². The van der Waals surface area contributed by atoms with E-state index >= 15 is 0 Å². The van der Waals surface area contributed by atoms with Crippen LogP contribution in [0.25, 0.3) is 44.3 Å². The van der Waals surface area contributed by atoms with Crippen LogP contribution in [0.5, 0.6) is 23.0 Å². The Labute approximate surface area is 341 Å². The van der Waals surface area contributed by atoms with Crippen LogP contribution in [0.15, 0.2) is 146 Å². The number of rotatable bonds is 12. The van der Waals surface area contributed by atoms with Crippen LogP contribution in [-0.4, -0.2) is 50.2 Å². The first-order valence-electron chi connectivity index (χ1n) is 18.9. The van der Waals surface area contributed by atoms with E-state index in [0.717, 1.165) is 33.0 Å². The Morgan fingerprint density at radius 3 is 1.24 bits per heavy atom. The van der Waals surface area contributed by atoms with Crippen molar-refractivity contribution in [3.05, 3.63) is 168 Å². The second-order valence-electron chi connectivity index (χ2n) is 13.8. The summed E-state index contributed by atoms with van der Waals surface area (Å²) in [6.07, 6.45) is 0.663. The topological polar surface area (TPSA) is 121 Å². The highest BCUT2D eigenvalue weighted by Gasteiger charge is 2.18. The SMILES string of the molecule is COc1ccc(-c2cc(C(=O)Nc3ccc(Cc4ccc(NC(=O)c5cc(-c6ccc(OC)c(OC)c6)nc6ccccc56)cc4)cc3)c3ccccc3n2)cc1OC. The van der Waals surface area contributed by atoms with Crippen LogP contribution in [0.3, 0.4) is 0 Å². The molecule has 59 heavy (non-hydrogen) atoms. The molecule has 10 nitrogen and oxygen atoms in total. The van der Waals surface area contributed by atoms with Crippen molar-refractivity contribution in [2.24, 2.45) is 0 Å². The largest absolute Gasteiger partial charge is 0.493 e. The number of pyridine rings is 2. The first-order chi connectivity index (χ1) is 28.8. The predicted octanol–water partition coefficient (Wildman–Crippen LogP) is 10.2. The summed E-state index contributed by atoms with van der Waals surface area (Å²) >= 11 is 0. The number of methoxy groups -OCH3 is 4. The smallest absolute Gasteiger partial charge is 0.256 e. The second kappa shape index (κ2) is 16.8. The zero-order valence-corrected chi connectivity index (χ0v) is 32.9. The maximum Gasteiger partial charge on any atom is 0.256 e. The van der Waals surface area contributed by atoms with Gasteiger partial charge >= 0.3 is 0 Å². The Bertz CT molecular complexity index is 2650. The summed E-state index contributed by atoms with van der Waals surface area (Å²) < 4.78 is 21.8. The molecule has 2 aromatic heterocycles. The van der Waals surface area contributed by atoms with Crippen molar-refractivity contribution in [1.29, 1.82) is 0 Å². The summed E-state index contributed by atoms with van der Waals surface area (Å²) in [6, 6.07) is 45.5. The molecule has 0 bridgehead atoms. The van der Waals surface area contributed by atoms with Crippen LogP contribution in [0.1, 0.15) is 31.8 Å². The van der Waals surface area contributed by atoms with Gasteiger partial charge in [-0.3, -0.25) is 9.59 Å². The minimum atomic E-state index is -0.243. The summed E-state index contributed by atoms with van der Waals surface area (Å²) in [4.78, 5) is 37.2. The molecule has 0 saturated heterocycles. The third-order valence-corrected chi connectivity index (χ3v) is 10.1. The highest BCUT2D eigenvalue weighted by molar-refractivity contribution is 6.14. The fourth-order valence-corrected chi connectivity index (χ4v) is 7.06. The van der Waals surface area contributed by atoms with Gasteiger partial charge in [0.15, 0.2) is 23.0 Å². The van der Waals surface area contributed by atoms with Gasteiger partial charge in [-0.15, -0.1) is 0 Å². The average molecular weight is 781 g/mol. The minimum Gasteiger partial charge on any atom is -0.493 e. The molecule has 2 amide bonds. The third kappa shape index (κ3) is 8.10. The van der Waals surface area contributed by atoms with Crippen LogP contribution in [0.2, 0.25) is 0 Å². The lowest BCUT2D eigenvalue weighted by molar-refractivity contribution is 0.102. The van der Waals surface area contributed by atoms with Gasteiger partial charge in [0.05, 0.1) is 62.0 Å². The Kier molecular flexibility index (Phi) is 10.9. The highest BCUT2D eigenvalue weighted by atomic mass is 16.5. The maximum absolute atomic E-state index is 13.8. The van der Waals surface area contributed by atoms with E-state index in [4.69, 9.17) is 28.9 Å². The third-order valence-electron chi connectivity index (χ3n) is 10.1. The fraction of sp³-hybridized carbons (Fsp3) is 0.102. The van der Waals surface area contributed by atoms with Crippen LogP contribution in [0.4, 0.5) is 11.4 Å². The molecule has 0 atom stereocenters. The number of aromatic nitrogens is 2. The number of para-hydroxylation sites is 2. The lowest BCUT2D eigenvalue weighted by Gasteiger charge is -2.13. The first-order valence-corrected chi connectivity index (χ1v) is 18.9. The summed E-state index contributed by atoms with van der Waals surface area (Å²) in [7, 11) is 6.35. The molecule has 8 rings (SSSR count). The second-order valence-corrected chi connectivity index (χ2v) is 13.8. The molecule has 0 unspecified atom stereocenters. The lowest BCUT2D eigenvalue weighted by atomic mass is 10.0. The number of amides is 2. The number of ether oxygens (including phenoxy) is 4. The van der Waals surface area contributed by atoms with Crippen molar-refractivity contribution >= 4 is 45.0 Å². The number of fused-ring (bicyclic) bond motifs is 2. The molecular weight excluding hydrogens is 741 g/mol. The summed E-state index contributed by atoms with van der Waals surface area (Å²) in [5.41, 5.74) is 8.77. The Hall–Kier alpha value is -7.72. The quantitative estimate of drug-likeness (QED) is 0.126. The van der Waals surface area contributed by atoms with Crippen LogP contribution in [-0.2, 0) is 6.42 Å². The van der Waals surface area contributed by atoms with Crippen molar-refractivity contribution < 1.29 is 28.5 Å². The van der Waals surface area contributed by atoms with Crippen molar-refractivity contribution in [1.82, 2.24) is 9.97 Å². The van der Waals surface area contributed by atoms with Gasteiger partial charge < -0.3 is 29.6 Å². The first kappa shape index (κ1) is 38.2. The molecule has 0 spiro atoms. The van der Waals surface area contributed by atoms with Gasteiger partial charge in [-0.05, 0) is 102 Å². The number of carbonyl (C=O) groups is 2. The number of nitrogens with one attached hydrogen (secondary N) is 2. The molecule has 10 heteroatoms. The van der Waals surface area contributed by atoms with Crippen LogP contribution in [0, 0.1) is 0 Å². The van der Waals surface area contributed by atoms with Crippen molar-refractivity contribution in [2.45, 2.75) is 6.42 Å². The van der Waals surface area contributed by atoms with E-state index in [-0.39, 0.29) is 11.8 Å². The monoisotopic (exact) mass is 780 g/mol. The van der Waals surface area contributed by atoms with Crippen molar-refractivity contribution in [3.63, 3.8) is 0 Å². The fourth-order valence-electron chi connectivity index (χ4n) is 7.06. The van der Waals surface area contributed by atoms with E-state index in [1.54, 1.807) is 40.6 Å². The number of hydrogen-bond donors (Lipinski definition) is 2. The molecule has 292 valence electrons. The highest BCUT2D eigenvalue weighted by Crippen LogP contribution is 2.35. The lowest BCUT2D eigenvalue weighted by Crippen LogP contribution is -2.13. The average Bonchev–Trinajstić information content (AvgIpc) is 3.28. The Balaban J connectivity index is 0.953. The van der Waals surface area contributed by atoms with E-state index in [1.807, 2.05) is 133 Å². The molecule has 2 N–H and O–H groups in total. The molecular formula is C49H40N4O6. The summed E-state index contributed by atoms with van der Waals surface area (Å²) in [5, 5.41) is 7.63. The molecule has 0 aliphatic heterocycles. The van der Waals surface area contributed by atoms with E-state index in [1.165, 1.54) is 0 Å². The van der Waals surface area contributed by atoms with Gasteiger partial charge in [0.25, 0.3) is 11.8 Å². The molecule has 0 fully saturated rings. The summed E-state index contributed by atoms with van der Waals surface area (Å²) in [5.74, 6) is 1.88. The van der Waals surface area contributed by atoms with Gasteiger partial charge in [-0.25, -0.2) is 9.97 Å². The Morgan fingerprint density at radius 2 is 0.847 bits per heavy atom. The van der Waals surface area contributed by atoms with Crippen molar-refractivity contribution in [3.8, 4) is 45.5 Å². The summed E-state index contributed by atoms with van der Waals surface area (Å²) in [6.45, 7) is 0. The number of nitrogens with zero attached hydrogens (tertiary/aromatic N) is 2. The standard InChI is InChI=1S/C49H40N4O6/c1-56-44-23-17-32(26-46(44)58-3)42-28-38(36-9-5-7-11-40(36)52-42)48(54)50-34-19-13-30(14-20-34)25-31-15-21-35(22-16-31)51-49(55)39-29-43(53-41-12-8-6-10-37(39)41)33-18-24-45(57-2)47(27-33)59-4/h5-24,26-29H,25H2,1-4H3,(H,50,54)(H,51,55). The number of hydrogen-bond acceptors (Lipinski definition) is 8. The number of benzene rings is 6. The maximum atomic E-state index is 13.8. The number of anilines is 2. The predicted molar refractivity (Wildman–Crippen MR) is 232 cm³/mol. The van der Waals surface area contributed by atoms with Gasteiger partial charge in [0.1, 0.15) is 0 Å². The van der Waals surface area contributed by atoms with E-state index in [2.05, 4.69) is 10.6 Å². The molecule has 0 aliphatic rings. The van der Waals surface area contributed by atoms with Crippen LogP contribution >= 0.6 is 0 Å². The van der Waals surface area contributed by atoms with Gasteiger partial charge in [0, 0.05) is 33.3 Å². The molecule has 0 saturated carbocycles. The molecule has 2 heterocycles. The van der Waals surface area contributed by atoms with Gasteiger partial charge in [-0.2, -0.15) is 0 Å². The normalized spacial score (nSPS) is 10.9. The zero-order chi connectivity index (χ0) is 40.9. The molecule has 6 aromatic carbocycles. The van der Waals surface area contributed by atoms with E-state index in [0.29, 0.717) is 74.3 Å². The van der Waals surface area contributed by atoms with E-state index in [9.17, 15) is 9.59 Å². The minimum absolute atomic E-state index is 0.243. The molecule has 0 radical (unpaired) electrons. The van der Waals surface area contributed by atoms with Gasteiger partial charge in [0.2, 0.25) is 0 Å².